The fourth-order valence-corrected chi connectivity index (χ4v) is 1.80. The highest BCUT2D eigenvalue weighted by atomic mass is 16.4. The zero-order valence-electron chi connectivity index (χ0n) is 11.2. The molecule has 6 heteroatoms. The van der Waals surface area contributed by atoms with Crippen LogP contribution in [0, 0.1) is 0 Å². The number of likely N-dealkylation sites (N-methyl/N-ethyl adjacent to an activating group) is 1. The van der Waals surface area contributed by atoms with Crippen molar-refractivity contribution in [1.29, 1.82) is 0 Å². The van der Waals surface area contributed by atoms with Gasteiger partial charge in [0.15, 0.2) is 0 Å². The third kappa shape index (κ3) is 3.37. The predicted molar refractivity (Wildman–Crippen MR) is 71.4 cm³/mol. The number of aliphatic carboxylic acids is 1. The molecule has 0 radical (unpaired) electrons. The number of amides is 2. The molecule has 0 heterocycles. The highest BCUT2D eigenvalue weighted by Gasteiger charge is 2.27. The van der Waals surface area contributed by atoms with Crippen molar-refractivity contribution in [2.75, 3.05) is 19.0 Å². The predicted octanol–water partition coefficient (Wildman–Crippen LogP) is 1.74. The van der Waals surface area contributed by atoms with E-state index < -0.39 is 18.0 Å². The summed E-state index contributed by atoms with van der Waals surface area (Å²) in [6.07, 6.45) is 0.325. The first-order chi connectivity index (χ1) is 8.88. The van der Waals surface area contributed by atoms with Gasteiger partial charge in [0.1, 0.15) is 11.8 Å². The van der Waals surface area contributed by atoms with Crippen LogP contribution < -0.4 is 4.90 Å². The number of benzene rings is 1. The second kappa shape index (κ2) is 6.08. The molecule has 1 unspecified atom stereocenters. The van der Waals surface area contributed by atoms with E-state index in [0.717, 1.165) is 0 Å². The summed E-state index contributed by atoms with van der Waals surface area (Å²) in [5.74, 6) is -0.993. The minimum absolute atomic E-state index is 0.0464. The van der Waals surface area contributed by atoms with Gasteiger partial charge < -0.3 is 15.1 Å². The molecule has 0 aliphatic rings. The maximum atomic E-state index is 12.2. The van der Waals surface area contributed by atoms with Gasteiger partial charge in [-0.15, -0.1) is 0 Å². The Hall–Kier alpha value is -2.24. The Morgan fingerprint density at radius 3 is 2.42 bits per heavy atom. The maximum absolute atomic E-state index is 12.2. The van der Waals surface area contributed by atoms with Crippen LogP contribution in [0.3, 0.4) is 0 Å². The molecule has 2 N–H and O–H groups in total. The van der Waals surface area contributed by atoms with Gasteiger partial charge in [0, 0.05) is 25.8 Å². The number of aromatic hydroxyl groups is 1. The standard InChI is InChI=1S/C13H18N2O4/c1-4-11(12(17)18)15(3)13(19)14(2)9-6-5-7-10(16)8-9/h5-8,11,16H,4H2,1-3H3,(H,17,18). The molecule has 0 aromatic heterocycles. The van der Waals surface area contributed by atoms with E-state index in [1.54, 1.807) is 19.1 Å². The molecule has 0 spiro atoms. The molecule has 104 valence electrons. The smallest absolute Gasteiger partial charge is 0.326 e. The summed E-state index contributed by atoms with van der Waals surface area (Å²) in [4.78, 5) is 25.7. The lowest BCUT2D eigenvalue weighted by atomic mass is 10.2. The first-order valence-electron chi connectivity index (χ1n) is 5.90. The van der Waals surface area contributed by atoms with E-state index in [1.165, 1.54) is 36.0 Å². The fourth-order valence-electron chi connectivity index (χ4n) is 1.80. The van der Waals surface area contributed by atoms with Crippen molar-refractivity contribution in [3.05, 3.63) is 24.3 Å². The van der Waals surface area contributed by atoms with Gasteiger partial charge in [-0.05, 0) is 18.6 Å². The summed E-state index contributed by atoms with van der Waals surface area (Å²) >= 11 is 0. The van der Waals surface area contributed by atoms with Gasteiger partial charge in [-0.3, -0.25) is 4.90 Å². The summed E-state index contributed by atoms with van der Waals surface area (Å²) in [5.41, 5.74) is 0.497. The third-order valence-electron chi connectivity index (χ3n) is 2.94. The van der Waals surface area contributed by atoms with Crippen LogP contribution in [-0.2, 0) is 4.79 Å². The summed E-state index contributed by atoms with van der Waals surface area (Å²) in [5, 5.41) is 18.4. The number of urea groups is 1. The van der Waals surface area contributed by atoms with E-state index >= 15 is 0 Å². The molecule has 0 bridgehead atoms. The number of hydrogen-bond donors (Lipinski definition) is 2. The molecule has 1 aromatic rings. The molecule has 6 nitrogen and oxygen atoms in total. The quantitative estimate of drug-likeness (QED) is 0.869. The average molecular weight is 266 g/mol. The number of phenolic OH excluding ortho intramolecular Hbond substituents is 1. The molecule has 1 rings (SSSR count). The van der Waals surface area contributed by atoms with Gasteiger partial charge in [-0.2, -0.15) is 0 Å². The molecule has 2 amide bonds. The zero-order valence-corrected chi connectivity index (χ0v) is 11.2. The normalized spacial score (nSPS) is 11.7. The Morgan fingerprint density at radius 1 is 1.32 bits per heavy atom. The Labute approximate surface area is 111 Å². The van der Waals surface area contributed by atoms with Crippen LogP contribution in [0.1, 0.15) is 13.3 Å². The fraction of sp³-hybridized carbons (Fsp3) is 0.385. The van der Waals surface area contributed by atoms with E-state index in [-0.39, 0.29) is 5.75 Å². The highest BCUT2D eigenvalue weighted by Crippen LogP contribution is 2.20. The molecule has 0 saturated carbocycles. The van der Waals surface area contributed by atoms with Crippen LogP contribution in [0.25, 0.3) is 0 Å². The van der Waals surface area contributed by atoms with Crippen LogP contribution in [0.2, 0.25) is 0 Å². The molecule has 1 atom stereocenters. The molecular formula is C13H18N2O4. The Balaban J connectivity index is 2.90. The van der Waals surface area contributed by atoms with Crippen molar-refractivity contribution >= 4 is 17.7 Å². The lowest BCUT2D eigenvalue weighted by molar-refractivity contribution is -0.141. The number of anilines is 1. The van der Waals surface area contributed by atoms with Crippen LogP contribution >= 0.6 is 0 Å². The highest BCUT2D eigenvalue weighted by molar-refractivity contribution is 5.94. The summed E-state index contributed by atoms with van der Waals surface area (Å²) < 4.78 is 0. The van der Waals surface area contributed by atoms with Crippen molar-refractivity contribution in [3.63, 3.8) is 0 Å². The van der Waals surface area contributed by atoms with Crippen LogP contribution in [0.5, 0.6) is 5.75 Å². The van der Waals surface area contributed by atoms with E-state index in [9.17, 15) is 14.7 Å². The molecule has 0 saturated heterocycles. The third-order valence-corrected chi connectivity index (χ3v) is 2.94. The summed E-state index contributed by atoms with van der Waals surface area (Å²) in [6.45, 7) is 1.71. The van der Waals surface area contributed by atoms with Crippen LogP contribution in [0.15, 0.2) is 24.3 Å². The molecule has 0 aliphatic heterocycles. The van der Waals surface area contributed by atoms with Crippen molar-refractivity contribution in [3.8, 4) is 5.75 Å². The largest absolute Gasteiger partial charge is 0.508 e. The van der Waals surface area contributed by atoms with Gasteiger partial charge in [0.25, 0.3) is 0 Å². The number of phenols is 1. The Bertz CT molecular complexity index is 475. The first kappa shape index (κ1) is 14.8. The number of carboxylic acid groups (broad SMARTS) is 1. The van der Waals surface area contributed by atoms with Crippen molar-refractivity contribution < 1.29 is 19.8 Å². The molecule has 0 aliphatic carbocycles. The second-order valence-electron chi connectivity index (χ2n) is 4.23. The minimum atomic E-state index is -1.04. The van der Waals surface area contributed by atoms with Gasteiger partial charge >= 0.3 is 12.0 Å². The van der Waals surface area contributed by atoms with E-state index in [2.05, 4.69) is 0 Å². The number of hydrogen-bond acceptors (Lipinski definition) is 3. The summed E-state index contributed by atoms with van der Waals surface area (Å²) in [6, 6.07) is 4.90. The summed E-state index contributed by atoms with van der Waals surface area (Å²) in [7, 11) is 2.98. The number of rotatable bonds is 4. The molecular weight excluding hydrogens is 248 g/mol. The monoisotopic (exact) mass is 266 g/mol. The van der Waals surface area contributed by atoms with Gasteiger partial charge in [-0.25, -0.2) is 9.59 Å². The first-order valence-corrected chi connectivity index (χ1v) is 5.90. The molecule has 1 aromatic carbocycles. The average Bonchev–Trinajstić information content (AvgIpc) is 2.37. The number of carbonyl (C=O) groups is 2. The van der Waals surface area contributed by atoms with Crippen molar-refractivity contribution in [2.45, 2.75) is 19.4 Å². The Morgan fingerprint density at radius 2 is 1.95 bits per heavy atom. The van der Waals surface area contributed by atoms with Gasteiger partial charge in [0.2, 0.25) is 0 Å². The van der Waals surface area contributed by atoms with E-state index in [0.29, 0.717) is 12.1 Å². The van der Waals surface area contributed by atoms with E-state index in [4.69, 9.17) is 5.11 Å². The Kier molecular flexibility index (Phi) is 4.74. The molecule has 19 heavy (non-hydrogen) atoms. The van der Waals surface area contributed by atoms with Crippen molar-refractivity contribution in [2.24, 2.45) is 0 Å². The lowest BCUT2D eigenvalue weighted by Crippen LogP contribution is -2.47. The number of nitrogens with zero attached hydrogens (tertiary/aromatic N) is 2. The van der Waals surface area contributed by atoms with E-state index in [1.807, 2.05) is 0 Å². The van der Waals surface area contributed by atoms with Crippen molar-refractivity contribution in [1.82, 2.24) is 4.90 Å². The van der Waals surface area contributed by atoms with Crippen LogP contribution in [0.4, 0.5) is 10.5 Å². The molecule has 0 fully saturated rings. The van der Waals surface area contributed by atoms with Gasteiger partial charge in [0.05, 0.1) is 0 Å². The second-order valence-corrected chi connectivity index (χ2v) is 4.23. The lowest BCUT2D eigenvalue weighted by Gasteiger charge is -2.29. The minimum Gasteiger partial charge on any atom is -0.508 e. The maximum Gasteiger partial charge on any atom is 0.326 e. The zero-order chi connectivity index (χ0) is 14.6. The SMILES string of the molecule is CCC(C(=O)O)N(C)C(=O)N(C)c1cccc(O)c1. The number of carbonyl (C=O) groups excluding carboxylic acids is 1. The van der Waals surface area contributed by atoms with Crippen LogP contribution in [-0.4, -0.2) is 47.3 Å². The number of carboxylic acids is 1. The topological polar surface area (TPSA) is 81.1 Å². The van der Waals surface area contributed by atoms with Gasteiger partial charge in [-0.1, -0.05) is 13.0 Å².